The maximum absolute atomic E-state index is 13.2. The highest BCUT2D eigenvalue weighted by Crippen LogP contribution is 2.30. The van der Waals surface area contributed by atoms with Crippen molar-refractivity contribution < 1.29 is 18.0 Å². The zero-order valence-corrected chi connectivity index (χ0v) is 20.3. The van der Waals surface area contributed by atoms with Gasteiger partial charge in [-0.1, -0.05) is 55.8 Å². The third kappa shape index (κ3) is 6.28. The van der Waals surface area contributed by atoms with Crippen molar-refractivity contribution in [2.75, 3.05) is 5.32 Å². The number of nitrogens with one attached hydrogen (secondary N) is 1. The van der Waals surface area contributed by atoms with Crippen molar-refractivity contribution in [3.8, 4) is 6.07 Å². The van der Waals surface area contributed by atoms with Gasteiger partial charge in [0.2, 0.25) is 0 Å². The molecule has 1 heterocycles. The number of aromatic nitrogens is 1. The summed E-state index contributed by atoms with van der Waals surface area (Å²) in [6.07, 6.45) is 2.00. The van der Waals surface area contributed by atoms with Crippen LogP contribution in [0.15, 0.2) is 84.6 Å². The fourth-order valence-corrected chi connectivity index (χ4v) is 4.20. The number of unbranched alkanes of at least 4 members (excludes halogenated alkanes) is 1. The van der Waals surface area contributed by atoms with Gasteiger partial charge in [0.05, 0.1) is 5.56 Å². The molecule has 0 aliphatic heterocycles. The molecule has 4 aromatic rings. The molecule has 1 N–H and O–H groups in total. The standard InChI is InChI=1S/C30H26F3N3O/c1-2-3-7-21-12-14-26(15-13-21)35-29(37)23(18-34)17-24-20-36(28-11-5-4-10-27(24)28)19-22-8-6-9-25(16-22)30(31,32)33/h4-6,8-17,20H,2-3,7,19H2,1H3,(H,35,37)/b23-17+. The SMILES string of the molecule is CCCCc1ccc(NC(=O)/C(C#N)=C/c2cn(Cc3cccc(C(F)(F)F)c3)c3ccccc23)cc1. The van der Waals surface area contributed by atoms with Crippen LogP contribution in [0.2, 0.25) is 0 Å². The maximum atomic E-state index is 13.2. The number of nitriles is 1. The van der Waals surface area contributed by atoms with Crippen LogP contribution >= 0.6 is 0 Å². The van der Waals surface area contributed by atoms with Gasteiger partial charge in [-0.25, -0.2) is 0 Å². The van der Waals surface area contributed by atoms with Crippen LogP contribution in [-0.4, -0.2) is 10.5 Å². The summed E-state index contributed by atoms with van der Waals surface area (Å²) in [5, 5.41) is 13.3. The third-order valence-corrected chi connectivity index (χ3v) is 6.12. The van der Waals surface area contributed by atoms with E-state index in [-0.39, 0.29) is 12.1 Å². The van der Waals surface area contributed by atoms with Gasteiger partial charge in [-0.05, 0) is 60.4 Å². The Morgan fingerprint density at radius 1 is 1.03 bits per heavy atom. The second-order valence-corrected chi connectivity index (χ2v) is 8.85. The molecule has 4 nitrogen and oxygen atoms in total. The summed E-state index contributed by atoms with van der Waals surface area (Å²) in [7, 11) is 0. The van der Waals surface area contributed by atoms with E-state index in [0.29, 0.717) is 16.8 Å². The number of alkyl halides is 3. The zero-order valence-electron chi connectivity index (χ0n) is 20.3. The molecule has 37 heavy (non-hydrogen) atoms. The number of benzene rings is 3. The predicted molar refractivity (Wildman–Crippen MR) is 140 cm³/mol. The predicted octanol–water partition coefficient (Wildman–Crippen LogP) is 7.60. The van der Waals surface area contributed by atoms with Crippen LogP contribution in [0, 0.1) is 11.3 Å². The lowest BCUT2D eigenvalue weighted by molar-refractivity contribution is -0.137. The number of carbonyl (C=O) groups is 1. The number of anilines is 1. The van der Waals surface area contributed by atoms with Gasteiger partial charge in [-0.15, -0.1) is 0 Å². The van der Waals surface area contributed by atoms with Gasteiger partial charge in [0, 0.05) is 34.9 Å². The largest absolute Gasteiger partial charge is 0.416 e. The summed E-state index contributed by atoms with van der Waals surface area (Å²) in [6, 6.07) is 22.1. The van der Waals surface area contributed by atoms with Gasteiger partial charge in [-0.3, -0.25) is 4.79 Å². The molecule has 188 valence electrons. The lowest BCUT2D eigenvalue weighted by Gasteiger charge is -2.10. The molecule has 3 aromatic carbocycles. The zero-order chi connectivity index (χ0) is 26.4. The maximum Gasteiger partial charge on any atom is 0.416 e. The minimum Gasteiger partial charge on any atom is -0.342 e. The Labute approximate surface area is 213 Å². The van der Waals surface area contributed by atoms with Crippen molar-refractivity contribution in [1.82, 2.24) is 4.57 Å². The number of aryl methyl sites for hydroxylation is 1. The van der Waals surface area contributed by atoms with Crippen molar-refractivity contribution >= 4 is 28.6 Å². The highest BCUT2D eigenvalue weighted by molar-refractivity contribution is 6.10. The van der Waals surface area contributed by atoms with Gasteiger partial charge in [0.1, 0.15) is 11.6 Å². The van der Waals surface area contributed by atoms with Crippen molar-refractivity contribution in [2.24, 2.45) is 0 Å². The summed E-state index contributed by atoms with van der Waals surface area (Å²) in [5.41, 5.74) is 2.91. The Hall–Kier alpha value is -4.31. The van der Waals surface area contributed by atoms with Crippen molar-refractivity contribution in [1.29, 1.82) is 5.26 Å². The average molecular weight is 502 g/mol. The van der Waals surface area contributed by atoms with Crippen LogP contribution in [0.4, 0.5) is 18.9 Å². The monoisotopic (exact) mass is 501 g/mol. The topological polar surface area (TPSA) is 57.8 Å². The van der Waals surface area contributed by atoms with Gasteiger partial charge < -0.3 is 9.88 Å². The molecule has 0 radical (unpaired) electrons. The first kappa shape index (κ1) is 25.8. The van der Waals surface area contributed by atoms with E-state index in [4.69, 9.17) is 0 Å². The number of nitrogens with zero attached hydrogens (tertiary/aromatic N) is 2. The highest BCUT2D eigenvalue weighted by atomic mass is 19.4. The number of para-hydroxylation sites is 1. The summed E-state index contributed by atoms with van der Waals surface area (Å²) < 4.78 is 41.3. The van der Waals surface area contributed by atoms with Gasteiger partial charge >= 0.3 is 6.18 Å². The van der Waals surface area contributed by atoms with Crippen LogP contribution in [0.5, 0.6) is 0 Å². The van der Waals surface area contributed by atoms with Crippen LogP contribution in [0.3, 0.4) is 0 Å². The molecule has 1 amide bonds. The molecule has 4 rings (SSSR count). The summed E-state index contributed by atoms with van der Waals surface area (Å²) in [4.78, 5) is 12.9. The first-order valence-electron chi connectivity index (χ1n) is 12.0. The molecule has 0 unspecified atom stereocenters. The van der Waals surface area contributed by atoms with E-state index in [9.17, 15) is 23.2 Å². The molecular weight excluding hydrogens is 475 g/mol. The van der Waals surface area contributed by atoms with E-state index in [1.165, 1.54) is 17.7 Å². The molecule has 7 heteroatoms. The minimum atomic E-state index is -4.42. The number of carbonyl (C=O) groups excluding carboxylic acids is 1. The second kappa shape index (κ2) is 11.2. The number of amides is 1. The average Bonchev–Trinajstić information content (AvgIpc) is 3.23. The number of fused-ring (bicyclic) bond motifs is 1. The first-order chi connectivity index (χ1) is 17.8. The van der Waals surface area contributed by atoms with E-state index >= 15 is 0 Å². The lowest BCUT2D eigenvalue weighted by atomic mass is 10.1. The molecule has 0 bridgehead atoms. The molecule has 0 spiro atoms. The molecule has 0 aliphatic rings. The van der Waals surface area contributed by atoms with Gasteiger partial charge in [0.25, 0.3) is 5.91 Å². The molecular formula is C30H26F3N3O. The Balaban J connectivity index is 1.60. The Morgan fingerprint density at radius 3 is 2.49 bits per heavy atom. The van der Waals surface area contributed by atoms with Crippen molar-refractivity contribution in [3.63, 3.8) is 0 Å². The van der Waals surface area contributed by atoms with Crippen LogP contribution in [0.25, 0.3) is 17.0 Å². The number of rotatable bonds is 8. The van der Waals surface area contributed by atoms with Gasteiger partial charge in [-0.2, -0.15) is 18.4 Å². The Morgan fingerprint density at radius 2 is 1.78 bits per heavy atom. The summed E-state index contributed by atoms with van der Waals surface area (Å²) in [5.74, 6) is -0.529. The molecule has 0 saturated carbocycles. The fourth-order valence-electron chi connectivity index (χ4n) is 4.20. The van der Waals surface area contributed by atoms with E-state index in [0.717, 1.165) is 42.3 Å². The number of hydrogen-bond acceptors (Lipinski definition) is 2. The van der Waals surface area contributed by atoms with Gasteiger partial charge in [0.15, 0.2) is 0 Å². The summed E-state index contributed by atoms with van der Waals surface area (Å²) >= 11 is 0. The number of hydrogen-bond donors (Lipinski definition) is 1. The van der Waals surface area contributed by atoms with Crippen molar-refractivity contribution in [3.05, 3.63) is 107 Å². The van der Waals surface area contributed by atoms with Crippen molar-refractivity contribution in [2.45, 2.75) is 38.9 Å². The quantitative estimate of drug-likeness (QED) is 0.200. The normalized spacial score (nSPS) is 11.9. The highest BCUT2D eigenvalue weighted by Gasteiger charge is 2.30. The molecule has 0 atom stereocenters. The Bertz CT molecular complexity index is 1470. The third-order valence-electron chi connectivity index (χ3n) is 6.12. The molecule has 1 aromatic heterocycles. The minimum absolute atomic E-state index is 0.0722. The van der Waals surface area contributed by atoms with E-state index in [1.807, 2.05) is 59.2 Å². The molecule has 0 aliphatic carbocycles. The van der Waals surface area contributed by atoms with Crippen LogP contribution in [0.1, 0.15) is 42.0 Å². The molecule has 0 fully saturated rings. The summed E-state index contributed by atoms with van der Waals surface area (Å²) in [6.45, 7) is 2.34. The van der Waals surface area contributed by atoms with E-state index in [1.54, 1.807) is 12.3 Å². The van der Waals surface area contributed by atoms with Crippen LogP contribution < -0.4 is 5.32 Å². The fraction of sp³-hybridized carbons (Fsp3) is 0.200. The Kier molecular flexibility index (Phi) is 7.78. The van der Waals surface area contributed by atoms with E-state index in [2.05, 4.69) is 12.2 Å². The van der Waals surface area contributed by atoms with Crippen LogP contribution in [-0.2, 0) is 23.9 Å². The second-order valence-electron chi connectivity index (χ2n) is 8.85. The first-order valence-corrected chi connectivity index (χ1v) is 12.0. The smallest absolute Gasteiger partial charge is 0.342 e. The molecule has 0 saturated heterocycles. The van der Waals surface area contributed by atoms with E-state index < -0.39 is 17.6 Å². The number of halogens is 3. The lowest BCUT2D eigenvalue weighted by Crippen LogP contribution is -2.13.